The highest BCUT2D eigenvalue weighted by Crippen LogP contribution is 2.19. The van der Waals surface area contributed by atoms with E-state index in [0.717, 1.165) is 24.8 Å². The topological polar surface area (TPSA) is 49.8 Å². The van der Waals surface area contributed by atoms with Crippen LogP contribution in [0, 0.1) is 0 Å². The molecule has 1 aromatic rings. The van der Waals surface area contributed by atoms with Crippen molar-refractivity contribution >= 4 is 5.91 Å². The van der Waals surface area contributed by atoms with Gasteiger partial charge in [-0.05, 0) is 31.7 Å². The smallest absolute Gasteiger partial charge is 0.251 e. The van der Waals surface area contributed by atoms with Crippen molar-refractivity contribution in [2.45, 2.75) is 44.9 Å². The lowest BCUT2D eigenvalue weighted by Crippen LogP contribution is -2.50. The van der Waals surface area contributed by atoms with E-state index in [1.165, 1.54) is 0 Å². The number of morpholine rings is 1. The van der Waals surface area contributed by atoms with E-state index < -0.39 is 0 Å². The average Bonchev–Trinajstić information content (AvgIpc) is 2.45. The third-order valence-electron chi connectivity index (χ3n) is 3.63. The van der Waals surface area contributed by atoms with E-state index in [9.17, 15) is 4.79 Å². The fourth-order valence-corrected chi connectivity index (χ4v) is 2.57. The van der Waals surface area contributed by atoms with Gasteiger partial charge in [0.15, 0.2) is 0 Å². The molecule has 0 bridgehead atoms. The lowest BCUT2D eigenvalue weighted by atomic mass is 10.1. The van der Waals surface area contributed by atoms with Crippen LogP contribution in [0.2, 0.25) is 0 Å². The fraction of sp³-hybridized carbons (Fsp3) is 0.562. The SMILES string of the molecule is CC1OC(CCCCO)CN(Cc2ccccc2)C1=O. The van der Waals surface area contributed by atoms with E-state index in [1.807, 2.05) is 42.2 Å². The highest BCUT2D eigenvalue weighted by molar-refractivity contribution is 5.81. The lowest BCUT2D eigenvalue weighted by molar-refractivity contribution is -0.161. The van der Waals surface area contributed by atoms with Gasteiger partial charge in [-0.1, -0.05) is 30.3 Å². The zero-order chi connectivity index (χ0) is 14.4. The summed E-state index contributed by atoms with van der Waals surface area (Å²) in [7, 11) is 0. The van der Waals surface area contributed by atoms with E-state index in [0.29, 0.717) is 13.1 Å². The first-order chi connectivity index (χ1) is 9.70. The predicted octanol–water partition coefficient (Wildman–Crippen LogP) is 1.97. The number of hydrogen-bond donors (Lipinski definition) is 1. The molecular weight excluding hydrogens is 254 g/mol. The summed E-state index contributed by atoms with van der Waals surface area (Å²) in [5.41, 5.74) is 1.14. The maximum absolute atomic E-state index is 12.2. The van der Waals surface area contributed by atoms with Crippen LogP contribution in [-0.2, 0) is 16.1 Å². The molecule has 2 unspecified atom stereocenters. The standard InChI is InChI=1S/C16H23NO3/c1-13-16(19)17(11-14-7-3-2-4-8-14)12-15(20-13)9-5-6-10-18/h2-4,7-8,13,15,18H,5-6,9-12H2,1H3. The Labute approximate surface area is 120 Å². The molecule has 1 N–H and O–H groups in total. The summed E-state index contributed by atoms with van der Waals surface area (Å²) in [5.74, 6) is 0.0623. The monoisotopic (exact) mass is 277 g/mol. The highest BCUT2D eigenvalue weighted by Gasteiger charge is 2.31. The number of hydrogen-bond acceptors (Lipinski definition) is 3. The number of aliphatic hydroxyl groups is 1. The average molecular weight is 277 g/mol. The van der Waals surface area contributed by atoms with Gasteiger partial charge < -0.3 is 14.7 Å². The second-order valence-electron chi connectivity index (χ2n) is 5.32. The molecule has 0 aromatic heterocycles. The third kappa shape index (κ3) is 4.05. The number of carbonyl (C=O) groups is 1. The molecule has 110 valence electrons. The molecule has 1 aliphatic heterocycles. The summed E-state index contributed by atoms with van der Waals surface area (Å²) >= 11 is 0. The zero-order valence-corrected chi connectivity index (χ0v) is 12.0. The Morgan fingerprint density at radius 1 is 1.30 bits per heavy atom. The maximum Gasteiger partial charge on any atom is 0.251 e. The van der Waals surface area contributed by atoms with Crippen molar-refractivity contribution in [3.63, 3.8) is 0 Å². The summed E-state index contributed by atoms with van der Waals surface area (Å²) in [6, 6.07) is 10.0. The van der Waals surface area contributed by atoms with Gasteiger partial charge in [0.05, 0.1) is 6.10 Å². The van der Waals surface area contributed by atoms with Crippen LogP contribution in [0.4, 0.5) is 0 Å². The molecule has 1 saturated heterocycles. The Hall–Kier alpha value is -1.39. The van der Waals surface area contributed by atoms with E-state index in [2.05, 4.69) is 0 Å². The van der Waals surface area contributed by atoms with Gasteiger partial charge in [-0.2, -0.15) is 0 Å². The molecule has 2 atom stereocenters. The number of amides is 1. The van der Waals surface area contributed by atoms with Crippen molar-refractivity contribution in [2.75, 3.05) is 13.2 Å². The first-order valence-electron chi connectivity index (χ1n) is 7.29. The first-order valence-corrected chi connectivity index (χ1v) is 7.29. The van der Waals surface area contributed by atoms with Crippen LogP contribution in [0.1, 0.15) is 31.7 Å². The van der Waals surface area contributed by atoms with Crippen LogP contribution in [0.3, 0.4) is 0 Å². The molecule has 1 heterocycles. The lowest BCUT2D eigenvalue weighted by Gasteiger charge is -2.36. The molecule has 4 nitrogen and oxygen atoms in total. The minimum atomic E-state index is -0.369. The van der Waals surface area contributed by atoms with E-state index >= 15 is 0 Å². The molecule has 0 aliphatic carbocycles. The normalized spacial score (nSPS) is 23.1. The number of benzene rings is 1. The Morgan fingerprint density at radius 2 is 2.05 bits per heavy atom. The van der Waals surface area contributed by atoms with Crippen molar-refractivity contribution in [1.29, 1.82) is 0 Å². The predicted molar refractivity (Wildman–Crippen MR) is 77.1 cm³/mol. The molecule has 2 rings (SSSR count). The second kappa shape index (κ2) is 7.41. The molecule has 0 spiro atoms. The van der Waals surface area contributed by atoms with Gasteiger partial charge in [-0.15, -0.1) is 0 Å². The quantitative estimate of drug-likeness (QED) is 0.809. The largest absolute Gasteiger partial charge is 0.396 e. The molecule has 1 aliphatic rings. The number of ether oxygens (including phenoxy) is 1. The van der Waals surface area contributed by atoms with Gasteiger partial charge in [-0.25, -0.2) is 0 Å². The summed E-state index contributed by atoms with van der Waals surface area (Å²) in [4.78, 5) is 14.0. The highest BCUT2D eigenvalue weighted by atomic mass is 16.5. The van der Waals surface area contributed by atoms with Gasteiger partial charge in [0, 0.05) is 19.7 Å². The summed E-state index contributed by atoms with van der Waals surface area (Å²) in [5, 5.41) is 8.83. The molecular formula is C16H23NO3. The maximum atomic E-state index is 12.2. The Morgan fingerprint density at radius 3 is 2.75 bits per heavy atom. The third-order valence-corrected chi connectivity index (χ3v) is 3.63. The molecule has 20 heavy (non-hydrogen) atoms. The van der Waals surface area contributed by atoms with Crippen LogP contribution >= 0.6 is 0 Å². The van der Waals surface area contributed by atoms with Crippen molar-refractivity contribution < 1.29 is 14.6 Å². The van der Waals surface area contributed by atoms with Crippen LogP contribution < -0.4 is 0 Å². The summed E-state index contributed by atoms with van der Waals surface area (Å²) in [6.07, 6.45) is 2.33. The second-order valence-corrected chi connectivity index (χ2v) is 5.32. The Balaban J connectivity index is 1.94. The number of carbonyl (C=O) groups excluding carboxylic acids is 1. The first kappa shape index (κ1) is 15.0. The van der Waals surface area contributed by atoms with E-state index in [4.69, 9.17) is 9.84 Å². The molecule has 1 aromatic carbocycles. The summed E-state index contributed by atoms with van der Waals surface area (Å²) < 4.78 is 5.74. The van der Waals surface area contributed by atoms with Crippen LogP contribution in [0.25, 0.3) is 0 Å². The van der Waals surface area contributed by atoms with Crippen molar-refractivity contribution in [1.82, 2.24) is 4.90 Å². The molecule has 0 saturated carbocycles. The zero-order valence-electron chi connectivity index (χ0n) is 12.0. The van der Waals surface area contributed by atoms with E-state index in [1.54, 1.807) is 0 Å². The number of rotatable bonds is 6. The molecule has 1 fully saturated rings. The van der Waals surface area contributed by atoms with E-state index in [-0.39, 0.29) is 24.7 Å². The number of nitrogens with zero attached hydrogens (tertiary/aromatic N) is 1. The molecule has 1 amide bonds. The van der Waals surface area contributed by atoms with Crippen LogP contribution in [0.5, 0.6) is 0 Å². The minimum Gasteiger partial charge on any atom is -0.396 e. The summed E-state index contributed by atoms with van der Waals surface area (Å²) in [6.45, 7) is 3.32. The molecule has 0 radical (unpaired) electrons. The minimum absolute atomic E-state index is 0.0623. The number of unbranched alkanes of at least 4 members (excludes halogenated alkanes) is 1. The van der Waals surface area contributed by atoms with Gasteiger partial charge in [0.25, 0.3) is 5.91 Å². The van der Waals surface area contributed by atoms with Crippen molar-refractivity contribution in [3.8, 4) is 0 Å². The van der Waals surface area contributed by atoms with Crippen molar-refractivity contribution in [3.05, 3.63) is 35.9 Å². The Bertz CT molecular complexity index is 421. The van der Waals surface area contributed by atoms with Gasteiger partial charge in [0.2, 0.25) is 0 Å². The van der Waals surface area contributed by atoms with Crippen LogP contribution in [-0.4, -0.2) is 41.3 Å². The van der Waals surface area contributed by atoms with Gasteiger partial charge >= 0.3 is 0 Å². The molecule has 4 heteroatoms. The van der Waals surface area contributed by atoms with Gasteiger partial charge in [0.1, 0.15) is 6.10 Å². The van der Waals surface area contributed by atoms with Crippen molar-refractivity contribution in [2.24, 2.45) is 0 Å². The number of aliphatic hydroxyl groups excluding tert-OH is 1. The van der Waals surface area contributed by atoms with Gasteiger partial charge in [-0.3, -0.25) is 4.79 Å². The Kier molecular flexibility index (Phi) is 5.56. The van der Waals surface area contributed by atoms with Crippen LogP contribution in [0.15, 0.2) is 30.3 Å². The fourth-order valence-electron chi connectivity index (χ4n) is 2.57.